The van der Waals surface area contributed by atoms with Crippen LogP contribution in [0.4, 0.5) is 0 Å². The van der Waals surface area contributed by atoms with Gasteiger partial charge in [0.25, 0.3) is 5.91 Å². The fourth-order valence-electron chi connectivity index (χ4n) is 2.57. The van der Waals surface area contributed by atoms with Crippen LogP contribution in [-0.2, 0) is 16.1 Å². The first kappa shape index (κ1) is 22.1. The first-order valence-electron chi connectivity index (χ1n) is 9.63. The van der Waals surface area contributed by atoms with E-state index in [9.17, 15) is 9.59 Å². The van der Waals surface area contributed by atoms with Gasteiger partial charge in [-0.25, -0.2) is 4.79 Å². The highest BCUT2D eigenvalue weighted by Gasteiger charge is 2.19. The molecule has 7 nitrogen and oxygen atoms in total. The molecular weight excluding hydrogens is 374 g/mol. The number of ether oxygens (including phenoxy) is 4. The van der Waals surface area contributed by atoms with Crippen molar-refractivity contribution in [2.45, 2.75) is 27.3 Å². The summed E-state index contributed by atoms with van der Waals surface area (Å²) >= 11 is 0. The quantitative estimate of drug-likeness (QED) is 0.582. The van der Waals surface area contributed by atoms with Crippen molar-refractivity contribution in [3.8, 4) is 17.2 Å². The minimum atomic E-state index is -0.648. The zero-order valence-corrected chi connectivity index (χ0v) is 17.0. The van der Waals surface area contributed by atoms with E-state index < -0.39 is 5.97 Å². The molecule has 0 aliphatic heterocycles. The summed E-state index contributed by atoms with van der Waals surface area (Å²) in [4.78, 5) is 24.4. The lowest BCUT2D eigenvalue weighted by Gasteiger charge is -2.16. The number of nitrogens with one attached hydrogen (secondary N) is 1. The second-order valence-electron chi connectivity index (χ2n) is 5.94. The molecule has 2 aromatic rings. The number of benzene rings is 2. The molecule has 1 amide bonds. The predicted octanol–water partition coefficient (Wildman–Crippen LogP) is 3.36. The summed E-state index contributed by atoms with van der Waals surface area (Å²) in [6.07, 6.45) is 0. The van der Waals surface area contributed by atoms with Crippen LogP contribution in [0.5, 0.6) is 17.2 Å². The van der Waals surface area contributed by atoms with Gasteiger partial charge in [0.2, 0.25) is 5.75 Å². The van der Waals surface area contributed by atoms with Gasteiger partial charge < -0.3 is 24.3 Å². The zero-order chi connectivity index (χ0) is 21.1. The number of esters is 1. The average Bonchev–Trinajstić information content (AvgIpc) is 2.73. The smallest absolute Gasteiger partial charge is 0.338 e. The minimum absolute atomic E-state index is 0.219. The molecule has 7 heteroatoms. The molecule has 1 N–H and O–H groups in total. The molecule has 29 heavy (non-hydrogen) atoms. The SMILES string of the molecule is CCOc1cc(C(=O)OCC(=O)NCc2ccccc2)cc(OCC)c1OCC. The van der Waals surface area contributed by atoms with Crippen molar-refractivity contribution in [2.75, 3.05) is 26.4 Å². The Morgan fingerprint density at radius 3 is 2.00 bits per heavy atom. The first-order chi connectivity index (χ1) is 14.1. The maximum Gasteiger partial charge on any atom is 0.338 e. The molecule has 0 aliphatic carbocycles. The van der Waals surface area contributed by atoms with Crippen LogP contribution in [0.25, 0.3) is 0 Å². The molecule has 2 rings (SSSR count). The predicted molar refractivity (Wildman–Crippen MR) is 109 cm³/mol. The van der Waals surface area contributed by atoms with E-state index in [0.29, 0.717) is 43.6 Å². The molecule has 0 radical (unpaired) electrons. The van der Waals surface area contributed by atoms with Crippen molar-refractivity contribution < 1.29 is 28.5 Å². The highest BCUT2D eigenvalue weighted by Crippen LogP contribution is 2.39. The topological polar surface area (TPSA) is 83.1 Å². The normalized spacial score (nSPS) is 10.2. The molecule has 2 aromatic carbocycles. The van der Waals surface area contributed by atoms with Crippen LogP contribution in [0, 0.1) is 0 Å². The number of hydrogen-bond acceptors (Lipinski definition) is 6. The van der Waals surface area contributed by atoms with Crippen LogP contribution in [0.1, 0.15) is 36.7 Å². The van der Waals surface area contributed by atoms with Crippen molar-refractivity contribution in [2.24, 2.45) is 0 Å². The van der Waals surface area contributed by atoms with E-state index in [0.717, 1.165) is 5.56 Å². The lowest BCUT2D eigenvalue weighted by molar-refractivity contribution is -0.124. The first-order valence-corrected chi connectivity index (χ1v) is 9.63. The van der Waals surface area contributed by atoms with Gasteiger partial charge in [-0.1, -0.05) is 30.3 Å². The fourth-order valence-corrected chi connectivity index (χ4v) is 2.57. The average molecular weight is 401 g/mol. The molecule has 0 spiro atoms. The molecule has 0 bridgehead atoms. The van der Waals surface area contributed by atoms with Crippen molar-refractivity contribution >= 4 is 11.9 Å². The van der Waals surface area contributed by atoms with E-state index in [-0.39, 0.29) is 18.1 Å². The summed E-state index contributed by atoms with van der Waals surface area (Å²) in [5, 5.41) is 2.71. The van der Waals surface area contributed by atoms with Gasteiger partial charge >= 0.3 is 5.97 Å². The molecule has 0 saturated heterocycles. The summed E-state index contributed by atoms with van der Waals surface area (Å²) in [5.74, 6) is 0.183. The molecule has 0 aliphatic rings. The third-order valence-corrected chi connectivity index (χ3v) is 3.81. The Labute approximate surface area is 170 Å². The molecule has 0 aromatic heterocycles. The second-order valence-corrected chi connectivity index (χ2v) is 5.94. The number of carbonyl (C=O) groups excluding carboxylic acids is 2. The van der Waals surface area contributed by atoms with E-state index in [2.05, 4.69) is 5.32 Å². The zero-order valence-electron chi connectivity index (χ0n) is 17.0. The third-order valence-electron chi connectivity index (χ3n) is 3.81. The van der Waals surface area contributed by atoms with Crippen molar-refractivity contribution in [3.05, 3.63) is 53.6 Å². The van der Waals surface area contributed by atoms with E-state index in [1.807, 2.05) is 51.1 Å². The van der Waals surface area contributed by atoms with Crippen LogP contribution < -0.4 is 19.5 Å². The maximum atomic E-state index is 12.5. The summed E-state index contributed by atoms with van der Waals surface area (Å²) in [6.45, 7) is 6.71. The number of amides is 1. The summed E-state index contributed by atoms with van der Waals surface area (Å²) < 4.78 is 21.9. The van der Waals surface area contributed by atoms with Crippen LogP contribution in [0.15, 0.2) is 42.5 Å². The van der Waals surface area contributed by atoms with Gasteiger partial charge in [0.1, 0.15) is 0 Å². The van der Waals surface area contributed by atoms with Crippen LogP contribution in [-0.4, -0.2) is 38.3 Å². The van der Waals surface area contributed by atoms with Gasteiger partial charge in [-0.3, -0.25) is 4.79 Å². The number of hydrogen-bond donors (Lipinski definition) is 1. The molecule has 156 valence electrons. The Kier molecular flexibility index (Phi) is 8.82. The molecule has 0 saturated carbocycles. The largest absolute Gasteiger partial charge is 0.490 e. The van der Waals surface area contributed by atoms with Gasteiger partial charge in [0.05, 0.1) is 25.4 Å². The number of rotatable bonds is 11. The molecular formula is C22H27NO6. The maximum absolute atomic E-state index is 12.5. The van der Waals surface area contributed by atoms with Crippen LogP contribution >= 0.6 is 0 Å². The van der Waals surface area contributed by atoms with Gasteiger partial charge in [0.15, 0.2) is 18.1 Å². The number of carbonyl (C=O) groups is 2. The fraction of sp³-hybridized carbons (Fsp3) is 0.364. The van der Waals surface area contributed by atoms with E-state index in [1.165, 1.54) is 12.1 Å². The van der Waals surface area contributed by atoms with Gasteiger partial charge in [-0.05, 0) is 38.5 Å². The minimum Gasteiger partial charge on any atom is -0.490 e. The lowest BCUT2D eigenvalue weighted by atomic mass is 10.2. The molecule has 0 fully saturated rings. The summed E-state index contributed by atoms with van der Waals surface area (Å²) in [7, 11) is 0. The second kappa shape index (κ2) is 11.6. The van der Waals surface area contributed by atoms with Gasteiger partial charge in [-0.2, -0.15) is 0 Å². The van der Waals surface area contributed by atoms with Crippen molar-refractivity contribution in [1.29, 1.82) is 0 Å². The summed E-state index contributed by atoms with van der Waals surface area (Å²) in [6, 6.07) is 12.5. The molecule has 0 heterocycles. The molecule has 0 atom stereocenters. The Morgan fingerprint density at radius 1 is 0.862 bits per heavy atom. The van der Waals surface area contributed by atoms with E-state index in [4.69, 9.17) is 18.9 Å². The van der Waals surface area contributed by atoms with Gasteiger partial charge in [-0.15, -0.1) is 0 Å². The highest BCUT2D eigenvalue weighted by molar-refractivity contribution is 5.92. The van der Waals surface area contributed by atoms with E-state index >= 15 is 0 Å². The Bertz CT molecular complexity index is 779. The van der Waals surface area contributed by atoms with Crippen molar-refractivity contribution in [1.82, 2.24) is 5.32 Å². The van der Waals surface area contributed by atoms with E-state index in [1.54, 1.807) is 0 Å². The van der Waals surface area contributed by atoms with Crippen molar-refractivity contribution in [3.63, 3.8) is 0 Å². The Morgan fingerprint density at radius 2 is 1.45 bits per heavy atom. The Balaban J connectivity index is 2.03. The molecule has 0 unspecified atom stereocenters. The van der Waals surface area contributed by atoms with Crippen LogP contribution in [0.2, 0.25) is 0 Å². The lowest BCUT2D eigenvalue weighted by Crippen LogP contribution is -2.28. The van der Waals surface area contributed by atoms with Crippen LogP contribution in [0.3, 0.4) is 0 Å². The standard InChI is InChI=1S/C22H27NO6/c1-4-26-18-12-17(13-19(27-5-2)21(18)28-6-3)22(25)29-15-20(24)23-14-16-10-8-7-9-11-16/h7-13H,4-6,14-15H2,1-3H3,(H,23,24). The Hall–Kier alpha value is -3.22. The van der Waals surface area contributed by atoms with Gasteiger partial charge in [0, 0.05) is 6.54 Å². The monoisotopic (exact) mass is 401 g/mol. The third kappa shape index (κ3) is 6.71. The summed E-state index contributed by atoms with van der Waals surface area (Å²) in [5.41, 5.74) is 1.18. The highest BCUT2D eigenvalue weighted by atomic mass is 16.5.